The van der Waals surface area contributed by atoms with Crippen molar-refractivity contribution >= 4 is 11.7 Å². The molecule has 9 heteroatoms. The molecule has 5 nitrogen and oxygen atoms in total. The minimum atomic E-state index is -4.72. The Balaban J connectivity index is 1.37. The number of ether oxygens (including phenoxy) is 2. The largest absolute Gasteiger partial charge is 0.573 e. The topological polar surface area (TPSA) is 47.5 Å². The summed E-state index contributed by atoms with van der Waals surface area (Å²) in [6.45, 7) is 3.34. The Bertz CT molecular complexity index is 874. The number of benzene rings is 1. The minimum Gasteiger partial charge on any atom is -0.463 e. The fourth-order valence-corrected chi connectivity index (χ4v) is 4.18. The molecule has 4 rings (SSSR count). The van der Waals surface area contributed by atoms with Gasteiger partial charge in [-0.25, -0.2) is 0 Å². The molecule has 0 aliphatic carbocycles. The van der Waals surface area contributed by atoms with E-state index < -0.39 is 6.36 Å². The SMILES string of the molecule is FC(F)(F)Oc1cccc(C#CCOc2nsnc2C2CN3CCC2C3)c1. The van der Waals surface area contributed by atoms with E-state index in [0.29, 0.717) is 23.3 Å². The Morgan fingerprint density at radius 1 is 1.26 bits per heavy atom. The van der Waals surface area contributed by atoms with Crippen LogP contribution in [-0.4, -0.2) is 46.3 Å². The highest BCUT2D eigenvalue weighted by Crippen LogP contribution is 2.41. The normalized spacial score (nSPS) is 23.7. The average molecular weight is 395 g/mol. The molecule has 3 heterocycles. The maximum atomic E-state index is 12.3. The average Bonchev–Trinajstić information content (AvgIpc) is 3.33. The summed E-state index contributed by atoms with van der Waals surface area (Å²) in [7, 11) is 0. The van der Waals surface area contributed by atoms with Gasteiger partial charge in [-0.15, -0.1) is 17.5 Å². The first-order chi connectivity index (χ1) is 13.0. The van der Waals surface area contributed by atoms with Crippen LogP contribution in [-0.2, 0) is 0 Å². The molecule has 2 bridgehead atoms. The Kier molecular flexibility index (Phi) is 4.93. The number of nitrogens with zero attached hydrogens (tertiary/aromatic N) is 3. The Hall–Kier alpha value is -2.31. The second-order valence-corrected chi connectivity index (χ2v) is 7.06. The third-order valence-corrected chi connectivity index (χ3v) is 5.27. The zero-order valence-electron chi connectivity index (χ0n) is 14.2. The van der Waals surface area contributed by atoms with Crippen LogP contribution >= 0.6 is 11.7 Å². The van der Waals surface area contributed by atoms with Crippen LogP contribution in [0.25, 0.3) is 0 Å². The van der Waals surface area contributed by atoms with Crippen LogP contribution in [0.3, 0.4) is 0 Å². The van der Waals surface area contributed by atoms with Gasteiger partial charge in [-0.1, -0.05) is 17.9 Å². The second-order valence-electron chi connectivity index (χ2n) is 6.54. The standard InChI is InChI=1S/C18H16F3N3O2S/c19-18(20,21)26-14-5-1-3-12(9-14)4-2-8-25-17-16(22-27-23-17)15-11-24-7-6-13(15)10-24/h1,3,5,9,13,15H,6-8,10-11H2. The highest BCUT2D eigenvalue weighted by molar-refractivity contribution is 6.99. The molecule has 0 radical (unpaired) electrons. The lowest BCUT2D eigenvalue weighted by atomic mass is 9.90. The number of aromatic nitrogens is 2. The minimum absolute atomic E-state index is 0.0872. The summed E-state index contributed by atoms with van der Waals surface area (Å²) in [5, 5.41) is 0. The molecule has 2 aliphatic heterocycles. The molecule has 2 aromatic rings. The molecule has 0 amide bonds. The van der Waals surface area contributed by atoms with Gasteiger partial charge in [-0.2, -0.15) is 4.37 Å². The predicted octanol–water partition coefficient (Wildman–Crippen LogP) is 3.29. The summed E-state index contributed by atoms with van der Waals surface area (Å²) >= 11 is 1.13. The summed E-state index contributed by atoms with van der Waals surface area (Å²) in [5.74, 6) is 6.76. The van der Waals surface area contributed by atoms with E-state index >= 15 is 0 Å². The first-order valence-corrected chi connectivity index (χ1v) is 9.23. The summed E-state index contributed by atoms with van der Waals surface area (Å²) < 4.78 is 55.0. The van der Waals surface area contributed by atoms with Gasteiger partial charge in [-0.05, 0) is 37.1 Å². The molecular weight excluding hydrogens is 379 g/mol. The molecule has 1 aromatic carbocycles. The lowest BCUT2D eigenvalue weighted by Gasteiger charge is -2.20. The van der Waals surface area contributed by atoms with Gasteiger partial charge in [0, 0.05) is 24.6 Å². The van der Waals surface area contributed by atoms with Crippen molar-refractivity contribution in [1.82, 2.24) is 13.6 Å². The van der Waals surface area contributed by atoms with E-state index in [4.69, 9.17) is 4.74 Å². The summed E-state index contributed by atoms with van der Waals surface area (Å²) in [6.07, 6.45) is -3.54. The molecule has 2 aliphatic rings. The van der Waals surface area contributed by atoms with E-state index in [0.717, 1.165) is 37.1 Å². The third-order valence-electron chi connectivity index (χ3n) is 4.75. The molecule has 2 fully saturated rings. The van der Waals surface area contributed by atoms with Crippen molar-refractivity contribution < 1.29 is 22.6 Å². The fourth-order valence-electron chi connectivity index (χ4n) is 3.62. The maximum absolute atomic E-state index is 12.3. The molecule has 3 unspecified atom stereocenters. The predicted molar refractivity (Wildman–Crippen MR) is 92.7 cm³/mol. The number of halogens is 3. The molecule has 0 N–H and O–H groups in total. The van der Waals surface area contributed by atoms with Crippen LogP contribution < -0.4 is 9.47 Å². The van der Waals surface area contributed by atoms with Crippen molar-refractivity contribution in [2.24, 2.45) is 5.92 Å². The van der Waals surface area contributed by atoms with Crippen LogP contribution in [0.1, 0.15) is 23.6 Å². The molecule has 3 atom stereocenters. The monoisotopic (exact) mass is 395 g/mol. The number of hydrogen-bond donors (Lipinski definition) is 0. The smallest absolute Gasteiger partial charge is 0.463 e. The van der Waals surface area contributed by atoms with Crippen molar-refractivity contribution in [3.63, 3.8) is 0 Å². The van der Waals surface area contributed by atoms with Crippen molar-refractivity contribution in [3.05, 3.63) is 35.5 Å². The molecule has 0 spiro atoms. The quantitative estimate of drug-likeness (QED) is 0.744. The zero-order valence-corrected chi connectivity index (χ0v) is 15.0. The highest BCUT2D eigenvalue weighted by atomic mass is 32.1. The van der Waals surface area contributed by atoms with Crippen molar-refractivity contribution in [3.8, 4) is 23.5 Å². The second kappa shape index (κ2) is 7.37. The van der Waals surface area contributed by atoms with Gasteiger partial charge < -0.3 is 14.4 Å². The lowest BCUT2D eigenvalue weighted by molar-refractivity contribution is -0.274. The van der Waals surface area contributed by atoms with Crippen molar-refractivity contribution in [2.75, 3.05) is 26.2 Å². The number of alkyl halides is 3. The Morgan fingerprint density at radius 2 is 2.15 bits per heavy atom. The van der Waals surface area contributed by atoms with Gasteiger partial charge in [0.2, 0.25) is 5.88 Å². The van der Waals surface area contributed by atoms with E-state index in [2.05, 4.69) is 30.2 Å². The first-order valence-electron chi connectivity index (χ1n) is 8.50. The Morgan fingerprint density at radius 3 is 2.89 bits per heavy atom. The van der Waals surface area contributed by atoms with Crippen molar-refractivity contribution in [2.45, 2.75) is 18.7 Å². The zero-order chi connectivity index (χ0) is 18.9. The molecule has 0 saturated carbocycles. The molecule has 142 valence electrons. The van der Waals surface area contributed by atoms with Gasteiger partial charge in [0.25, 0.3) is 0 Å². The molecule has 27 heavy (non-hydrogen) atoms. The summed E-state index contributed by atoms with van der Waals surface area (Å²) in [5.41, 5.74) is 1.31. The van der Waals surface area contributed by atoms with Gasteiger partial charge in [0.1, 0.15) is 11.4 Å². The number of hydrogen-bond acceptors (Lipinski definition) is 6. The third kappa shape index (κ3) is 4.34. The van der Waals surface area contributed by atoms with Gasteiger partial charge >= 0.3 is 6.36 Å². The van der Waals surface area contributed by atoms with Gasteiger partial charge in [0.15, 0.2) is 6.61 Å². The van der Waals surface area contributed by atoms with Crippen LogP contribution in [0.5, 0.6) is 11.6 Å². The number of fused-ring (bicyclic) bond motifs is 2. The van der Waals surface area contributed by atoms with E-state index in [9.17, 15) is 13.2 Å². The van der Waals surface area contributed by atoms with E-state index in [-0.39, 0.29) is 12.4 Å². The molecule has 2 saturated heterocycles. The van der Waals surface area contributed by atoms with E-state index in [1.54, 1.807) is 6.07 Å². The van der Waals surface area contributed by atoms with Crippen molar-refractivity contribution in [1.29, 1.82) is 0 Å². The van der Waals surface area contributed by atoms with Gasteiger partial charge in [-0.3, -0.25) is 0 Å². The number of piperidine rings is 1. The number of rotatable bonds is 4. The fraction of sp³-hybridized carbons (Fsp3) is 0.444. The summed E-state index contributed by atoms with van der Waals surface area (Å²) in [4.78, 5) is 2.42. The van der Waals surface area contributed by atoms with Gasteiger partial charge in [0.05, 0.1) is 11.7 Å². The van der Waals surface area contributed by atoms with Crippen LogP contribution in [0.2, 0.25) is 0 Å². The maximum Gasteiger partial charge on any atom is 0.573 e. The van der Waals surface area contributed by atoms with Crippen LogP contribution in [0.15, 0.2) is 24.3 Å². The lowest BCUT2D eigenvalue weighted by Crippen LogP contribution is -2.22. The van der Waals surface area contributed by atoms with E-state index in [1.807, 2.05) is 0 Å². The first kappa shape index (κ1) is 18.1. The summed E-state index contributed by atoms with van der Waals surface area (Å²) in [6, 6.07) is 5.53. The van der Waals surface area contributed by atoms with Crippen LogP contribution in [0, 0.1) is 17.8 Å². The Labute approximate surface area is 158 Å². The van der Waals surface area contributed by atoms with Crippen LogP contribution in [0.4, 0.5) is 13.2 Å². The molecular formula is C18H16F3N3O2S. The molecule has 1 aromatic heterocycles. The highest BCUT2D eigenvalue weighted by Gasteiger charge is 2.41. The van der Waals surface area contributed by atoms with E-state index in [1.165, 1.54) is 24.6 Å².